The highest BCUT2D eigenvalue weighted by Gasteiger charge is 2.56. The lowest BCUT2D eigenvalue weighted by atomic mass is 9.98. The number of fused-ring (bicyclic) bond motifs is 1. The first-order chi connectivity index (χ1) is 25.0. The normalized spacial score (nSPS) is 28.6. The molecule has 7 rings (SSSR count). The van der Waals surface area contributed by atoms with E-state index < -0.39 is 12.1 Å². The van der Waals surface area contributed by atoms with Crippen LogP contribution in [-0.2, 0) is 59.5 Å². The van der Waals surface area contributed by atoms with Crippen molar-refractivity contribution in [2.75, 3.05) is 13.7 Å². The summed E-state index contributed by atoms with van der Waals surface area (Å²) in [6.45, 7) is 6.60. The maximum Gasteiger partial charge on any atom is 0.186 e. The van der Waals surface area contributed by atoms with Crippen molar-refractivity contribution in [3.05, 3.63) is 144 Å². The fourth-order valence-corrected chi connectivity index (χ4v) is 7.83. The van der Waals surface area contributed by atoms with Gasteiger partial charge in [0.2, 0.25) is 0 Å². The monoisotopic (exact) mass is 693 g/mol. The number of likely N-dealkylation sites (tertiary alicyclic amines) is 1. The van der Waals surface area contributed by atoms with Gasteiger partial charge in [0, 0.05) is 19.7 Å². The molecule has 0 aromatic heterocycles. The Morgan fingerprint density at radius 2 is 1.08 bits per heavy atom. The zero-order valence-electron chi connectivity index (χ0n) is 29.9. The zero-order valence-corrected chi connectivity index (χ0v) is 29.9. The molecule has 8 atom stereocenters. The highest BCUT2D eigenvalue weighted by Crippen LogP contribution is 2.42. The van der Waals surface area contributed by atoms with E-state index in [0.717, 1.165) is 36.1 Å². The Kier molecular flexibility index (Phi) is 11.9. The van der Waals surface area contributed by atoms with Gasteiger partial charge in [-0.3, -0.25) is 4.90 Å². The molecule has 0 N–H and O–H groups in total. The number of methoxy groups -OCH3 is 1. The fourth-order valence-electron chi connectivity index (χ4n) is 7.83. The molecule has 0 aliphatic carbocycles. The molecule has 0 bridgehead atoms. The van der Waals surface area contributed by atoms with Gasteiger partial charge in [0.25, 0.3) is 0 Å². The first-order valence-corrected chi connectivity index (χ1v) is 18.2. The van der Waals surface area contributed by atoms with E-state index in [4.69, 9.17) is 33.2 Å². The van der Waals surface area contributed by atoms with Crippen LogP contribution in [0.1, 0.15) is 48.9 Å². The molecule has 4 aromatic carbocycles. The molecule has 8 nitrogen and oxygen atoms in total. The van der Waals surface area contributed by atoms with Crippen molar-refractivity contribution in [1.29, 1.82) is 0 Å². The number of rotatable bonds is 16. The van der Waals surface area contributed by atoms with E-state index in [9.17, 15) is 0 Å². The van der Waals surface area contributed by atoms with Crippen LogP contribution in [0, 0.1) is 0 Å². The summed E-state index contributed by atoms with van der Waals surface area (Å²) in [5.41, 5.74) is 4.62. The van der Waals surface area contributed by atoms with Crippen molar-refractivity contribution < 1.29 is 33.2 Å². The van der Waals surface area contributed by atoms with Gasteiger partial charge in [-0.1, -0.05) is 121 Å². The first-order valence-electron chi connectivity index (χ1n) is 18.2. The molecule has 270 valence electrons. The quantitative estimate of drug-likeness (QED) is 0.121. The average molecular weight is 694 g/mol. The summed E-state index contributed by atoms with van der Waals surface area (Å²) in [4.78, 5) is 2.56. The molecule has 0 radical (unpaired) electrons. The summed E-state index contributed by atoms with van der Waals surface area (Å²) >= 11 is 0. The Morgan fingerprint density at radius 3 is 1.63 bits per heavy atom. The Hall–Kier alpha value is -3.44. The third kappa shape index (κ3) is 8.96. The number of hydrogen-bond acceptors (Lipinski definition) is 8. The van der Waals surface area contributed by atoms with E-state index in [-0.39, 0.29) is 42.6 Å². The molecule has 0 amide bonds. The summed E-state index contributed by atoms with van der Waals surface area (Å²) < 4.78 is 45.3. The highest BCUT2D eigenvalue weighted by molar-refractivity contribution is 5.19. The zero-order chi connectivity index (χ0) is 35.0. The second-order valence-corrected chi connectivity index (χ2v) is 14.2. The molecule has 3 aliphatic rings. The van der Waals surface area contributed by atoms with Gasteiger partial charge in [0.15, 0.2) is 12.1 Å². The Morgan fingerprint density at radius 1 is 0.588 bits per heavy atom. The molecular weight excluding hydrogens is 642 g/mol. The summed E-state index contributed by atoms with van der Waals surface area (Å²) in [5, 5.41) is 0. The first kappa shape index (κ1) is 35.9. The van der Waals surface area contributed by atoms with Crippen LogP contribution in [0.5, 0.6) is 0 Å². The summed E-state index contributed by atoms with van der Waals surface area (Å²) in [6, 6.07) is 41.7. The molecule has 0 spiro atoms. The molecule has 8 heteroatoms. The minimum Gasteiger partial charge on any atom is -0.375 e. The van der Waals surface area contributed by atoms with Gasteiger partial charge in [-0.15, -0.1) is 0 Å². The Balaban J connectivity index is 1.20. The highest BCUT2D eigenvalue weighted by atomic mass is 16.8. The van der Waals surface area contributed by atoms with Gasteiger partial charge in [-0.2, -0.15) is 0 Å². The lowest BCUT2D eigenvalue weighted by Gasteiger charge is -2.32. The van der Waals surface area contributed by atoms with Crippen LogP contribution >= 0.6 is 0 Å². The van der Waals surface area contributed by atoms with Crippen LogP contribution < -0.4 is 0 Å². The third-order valence-corrected chi connectivity index (χ3v) is 10.2. The fraction of sp³-hybridized carbons (Fsp3) is 0.442. The van der Waals surface area contributed by atoms with E-state index in [1.54, 1.807) is 7.11 Å². The van der Waals surface area contributed by atoms with Crippen LogP contribution in [0.15, 0.2) is 121 Å². The second-order valence-electron chi connectivity index (χ2n) is 14.2. The Labute approximate surface area is 302 Å². The summed E-state index contributed by atoms with van der Waals surface area (Å²) in [7, 11) is 1.67. The number of hydrogen-bond donors (Lipinski definition) is 0. The van der Waals surface area contributed by atoms with Gasteiger partial charge in [0.05, 0.1) is 38.6 Å². The average Bonchev–Trinajstić information content (AvgIpc) is 3.75. The molecule has 0 saturated carbocycles. The van der Waals surface area contributed by atoms with Gasteiger partial charge >= 0.3 is 0 Å². The molecule has 51 heavy (non-hydrogen) atoms. The molecular formula is C43H51NO7. The van der Waals surface area contributed by atoms with Crippen molar-refractivity contribution in [1.82, 2.24) is 4.90 Å². The third-order valence-electron chi connectivity index (χ3n) is 10.2. The van der Waals surface area contributed by atoms with E-state index in [1.807, 2.05) is 32.0 Å². The molecule has 0 unspecified atom stereocenters. The van der Waals surface area contributed by atoms with E-state index in [0.29, 0.717) is 26.4 Å². The topological polar surface area (TPSA) is 67.9 Å². The SMILES string of the molecule is CO[C@@H]1O[C@@H](CC[C@H]2[C@H](OCc3ccccc3)[C@H](OCc3ccccc3)[C@H](COCc3ccccc3)N2Cc2ccccc2)[C@H]2OC(C)(C)O[C@@H]12. The van der Waals surface area contributed by atoms with Crippen LogP contribution in [0.3, 0.4) is 0 Å². The van der Waals surface area contributed by atoms with Crippen LogP contribution in [0.25, 0.3) is 0 Å². The van der Waals surface area contributed by atoms with Crippen molar-refractivity contribution in [2.45, 2.75) is 108 Å². The number of ether oxygens (including phenoxy) is 7. The van der Waals surface area contributed by atoms with Crippen LogP contribution in [-0.4, -0.2) is 73.3 Å². The standard InChI is InChI=1S/C43H51NO7/c1-43(2)50-40-37(49-42(45-3)41(40)51-43)25-24-35-38(47-28-33-20-12-6-13-21-33)39(48-29-34-22-14-7-15-23-34)36(30-46-27-32-18-10-5-11-19-32)44(35)26-31-16-8-4-9-17-31/h4-23,35-42H,24-30H2,1-3H3/t35-,36-,37-,38-,39+,40+,41+,42+/m0/s1. The molecule has 3 fully saturated rings. The Bertz CT molecular complexity index is 1610. The van der Waals surface area contributed by atoms with E-state index >= 15 is 0 Å². The largest absolute Gasteiger partial charge is 0.375 e. The van der Waals surface area contributed by atoms with Crippen molar-refractivity contribution in [2.24, 2.45) is 0 Å². The van der Waals surface area contributed by atoms with Gasteiger partial charge < -0.3 is 33.2 Å². The molecule has 4 aromatic rings. The number of benzene rings is 4. The lowest BCUT2D eigenvalue weighted by Crippen LogP contribution is -2.42. The van der Waals surface area contributed by atoms with Crippen LogP contribution in [0.2, 0.25) is 0 Å². The number of nitrogens with zero attached hydrogens (tertiary/aromatic N) is 1. The van der Waals surface area contributed by atoms with Gasteiger partial charge in [0.1, 0.15) is 24.4 Å². The maximum absolute atomic E-state index is 7.00. The minimum atomic E-state index is -0.695. The van der Waals surface area contributed by atoms with E-state index in [2.05, 4.69) is 108 Å². The van der Waals surface area contributed by atoms with Crippen molar-refractivity contribution >= 4 is 0 Å². The van der Waals surface area contributed by atoms with Crippen molar-refractivity contribution in [3.63, 3.8) is 0 Å². The minimum absolute atomic E-state index is 0.000932. The summed E-state index contributed by atoms with van der Waals surface area (Å²) in [5.74, 6) is -0.695. The predicted molar refractivity (Wildman–Crippen MR) is 194 cm³/mol. The van der Waals surface area contributed by atoms with Crippen molar-refractivity contribution in [3.8, 4) is 0 Å². The molecule has 3 aliphatic heterocycles. The van der Waals surface area contributed by atoms with Crippen LogP contribution in [0.4, 0.5) is 0 Å². The maximum atomic E-state index is 7.00. The summed E-state index contributed by atoms with van der Waals surface area (Å²) in [6.07, 6.45) is -0.115. The molecule has 3 heterocycles. The smallest absolute Gasteiger partial charge is 0.186 e. The van der Waals surface area contributed by atoms with Gasteiger partial charge in [-0.05, 0) is 48.9 Å². The molecule has 3 saturated heterocycles. The van der Waals surface area contributed by atoms with Gasteiger partial charge in [-0.25, -0.2) is 0 Å². The predicted octanol–water partition coefficient (Wildman–Crippen LogP) is 7.30. The van der Waals surface area contributed by atoms with E-state index in [1.165, 1.54) is 5.56 Å². The lowest BCUT2D eigenvalue weighted by molar-refractivity contribution is -0.228. The second kappa shape index (κ2) is 16.9.